The predicted molar refractivity (Wildman–Crippen MR) is 79.0 cm³/mol. The number of hydrogen-bond acceptors (Lipinski definition) is 4. The molecule has 0 aliphatic heterocycles. The maximum Gasteiger partial charge on any atom is 0.128 e. The molecular weight excluding hydrogens is 252 g/mol. The summed E-state index contributed by atoms with van der Waals surface area (Å²) in [7, 11) is 3.58. The van der Waals surface area contributed by atoms with Crippen molar-refractivity contribution in [3.8, 4) is 11.5 Å². The number of nitrogens with zero attached hydrogens (tertiary/aromatic N) is 1. The topological polar surface area (TPSA) is 43.4 Å². The Hall–Kier alpha value is -2.07. The molecule has 0 fully saturated rings. The Morgan fingerprint density at radius 2 is 2.15 bits per heavy atom. The molecule has 20 heavy (non-hydrogen) atoms. The SMILES string of the molecule is CNC(C)c1ccc(OC)cc1OCc1cccnc1. The zero-order valence-electron chi connectivity index (χ0n) is 12.1. The zero-order valence-corrected chi connectivity index (χ0v) is 12.1. The van der Waals surface area contributed by atoms with Gasteiger partial charge in [0.25, 0.3) is 0 Å². The molecule has 4 nitrogen and oxygen atoms in total. The van der Waals surface area contributed by atoms with Gasteiger partial charge in [0.05, 0.1) is 7.11 Å². The molecule has 0 spiro atoms. The van der Waals surface area contributed by atoms with E-state index in [1.54, 1.807) is 19.5 Å². The number of methoxy groups -OCH3 is 1. The minimum absolute atomic E-state index is 0.213. The molecule has 1 heterocycles. The van der Waals surface area contributed by atoms with Gasteiger partial charge >= 0.3 is 0 Å². The van der Waals surface area contributed by atoms with E-state index in [-0.39, 0.29) is 6.04 Å². The summed E-state index contributed by atoms with van der Waals surface area (Å²) in [5, 5.41) is 3.22. The van der Waals surface area contributed by atoms with Crippen LogP contribution in [0.25, 0.3) is 0 Å². The predicted octanol–water partition coefficient (Wildman–Crippen LogP) is 2.95. The Labute approximate surface area is 119 Å². The molecule has 1 unspecified atom stereocenters. The van der Waals surface area contributed by atoms with E-state index in [4.69, 9.17) is 9.47 Å². The van der Waals surface area contributed by atoms with E-state index >= 15 is 0 Å². The molecule has 1 N–H and O–H groups in total. The van der Waals surface area contributed by atoms with Crippen molar-refractivity contribution in [1.29, 1.82) is 0 Å². The first-order chi connectivity index (χ1) is 9.74. The fraction of sp³-hybridized carbons (Fsp3) is 0.312. The van der Waals surface area contributed by atoms with Crippen LogP contribution in [-0.2, 0) is 6.61 Å². The van der Waals surface area contributed by atoms with Gasteiger partial charge in [-0.1, -0.05) is 12.1 Å². The summed E-state index contributed by atoms with van der Waals surface area (Å²) < 4.78 is 11.2. The first-order valence-electron chi connectivity index (χ1n) is 6.61. The van der Waals surface area contributed by atoms with Crippen LogP contribution in [0.4, 0.5) is 0 Å². The number of benzene rings is 1. The van der Waals surface area contributed by atoms with E-state index in [1.165, 1.54) is 0 Å². The highest BCUT2D eigenvalue weighted by Gasteiger charge is 2.11. The second-order valence-electron chi connectivity index (χ2n) is 4.56. The van der Waals surface area contributed by atoms with Crippen molar-refractivity contribution in [2.75, 3.05) is 14.2 Å². The van der Waals surface area contributed by atoms with E-state index in [9.17, 15) is 0 Å². The third-order valence-corrected chi connectivity index (χ3v) is 3.24. The number of pyridine rings is 1. The van der Waals surface area contributed by atoms with Gasteiger partial charge in [0.2, 0.25) is 0 Å². The van der Waals surface area contributed by atoms with Crippen LogP contribution in [-0.4, -0.2) is 19.1 Å². The molecule has 2 rings (SSSR count). The van der Waals surface area contributed by atoms with Crippen molar-refractivity contribution >= 4 is 0 Å². The van der Waals surface area contributed by atoms with Crippen LogP contribution in [0.3, 0.4) is 0 Å². The molecule has 0 saturated carbocycles. The molecule has 2 aromatic rings. The summed E-state index contributed by atoms with van der Waals surface area (Å²) in [5.41, 5.74) is 2.15. The van der Waals surface area contributed by atoms with Gasteiger partial charge in [0.1, 0.15) is 18.1 Å². The summed E-state index contributed by atoms with van der Waals surface area (Å²) in [4.78, 5) is 4.09. The summed E-state index contributed by atoms with van der Waals surface area (Å²) >= 11 is 0. The zero-order chi connectivity index (χ0) is 14.4. The summed E-state index contributed by atoms with van der Waals surface area (Å²) in [5.74, 6) is 1.62. The van der Waals surface area contributed by atoms with Crippen LogP contribution in [0, 0.1) is 0 Å². The van der Waals surface area contributed by atoms with Gasteiger partial charge in [0.15, 0.2) is 0 Å². The molecule has 0 bridgehead atoms. The molecule has 0 radical (unpaired) electrons. The Balaban J connectivity index is 2.19. The lowest BCUT2D eigenvalue weighted by atomic mass is 10.1. The second-order valence-corrected chi connectivity index (χ2v) is 4.56. The monoisotopic (exact) mass is 272 g/mol. The Kier molecular flexibility index (Phi) is 4.96. The van der Waals surface area contributed by atoms with Gasteiger partial charge in [-0.2, -0.15) is 0 Å². The van der Waals surface area contributed by atoms with Crippen molar-refractivity contribution in [3.05, 3.63) is 53.9 Å². The highest BCUT2D eigenvalue weighted by Crippen LogP contribution is 2.30. The molecule has 4 heteroatoms. The maximum absolute atomic E-state index is 5.93. The second kappa shape index (κ2) is 6.91. The van der Waals surface area contributed by atoms with Crippen LogP contribution >= 0.6 is 0 Å². The van der Waals surface area contributed by atoms with Crippen LogP contribution in [0.15, 0.2) is 42.7 Å². The van der Waals surface area contributed by atoms with Crippen LogP contribution < -0.4 is 14.8 Å². The maximum atomic E-state index is 5.93. The molecular formula is C16H20N2O2. The Bertz CT molecular complexity index is 543. The quantitative estimate of drug-likeness (QED) is 0.878. The highest BCUT2D eigenvalue weighted by atomic mass is 16.5. The minimum atomic E-state index is 0.213. The molecule has 1 aromatic heterocycles. The Morgan fingerprint density at radius 1 is 1.30 bits per heavy atom. The molecule has 0 saturated heterocycles. The van der Waals surface area contributed by atoms with Gasteiger partial charge in [0, 0.05) is 35.6 Å². The lowest BCUT2D eigenvalue weighted by Crippen LogP contribution is -2.13. The largest absolute Gasteiger partial charge is 0.497 e. The van der Waals surface area contributed by atoms with Crippen molar-refractivity contribution < 1.29 is 9.47 Å². The van der Waals surface area contributed by atoms with E-state index < -0.39 is 0 Å². The van der Waals surface area contributed by atoms with Gasteiger partial charge in [-0.3, -0.25) is 4.98 Å². The first-order valence-corrected chi connectivity index (χ1v) is 6.61. The summed E-state index contributed by atoms with van der Waals surface area (Å²) in [6.45, 7) is 2.59. The van der Waals surface area contributed by atoms with Crippen LogP contribution in [0.5, 0.6) is 11.5 Å². The molecule has 0 aliphatic rings. The molecule has 1 aromatic carbocycles. The molecule has 1 atom stereocenters. The smallest absolute Gasteiger partial charge is 0.128 e. The third-order valence-electron chi connectivity index (χ3n) is 3.24. The fourth-order valence-corrected chi connectivity index (χ4v) is 1.92. The number of hydrogen-bond donors (Lipinski definition) is 1. The summed E-state index contributed by atoms with van der Waals surface area (Å²) in [6, 6.07) is 10.00. The summed E-state index contributed by atoms with van der Waals surface area (Å²) in [6.07, 6.45) is 3.56. The molecule has 0 amide bonds. The lowest BCUT2D eigenvalue weighted by Gasteiger charge is -2.17. The molecule has 0 aliphatic carbocycles. The van der Waals surface area contributed by atoms with E-state index in [2.05, 4.69) is 17.2 Å². The fourth-order valence-electron chi connectivity index (χ4n) is 1.92. The highest BCUT2D eigenvalue weighted by molar-refractivity contribution is 5.42. The molecule has 106 valence electrons. The van der Waals surface area contributed by atoms with Gasteiger partial charge in [-0.15, -0.1) is 0 Å². The first kappa shape index (κ1) is 14.3. The van der Waals surface area contributed by atoms with Crippen LogP contribution in [0.1, 0.15) is 24.1 Å². The van der Waals surface area contributed by atoms with E-state index in [0.29, 0.717) is 6.61 Å². The lowest BCUT2D eigenvalue weighted by molar-refractivity contribution is 0.297. The van der Waals surface area contributed by atoms with Crippen molar-refractivity contribution in [1.82, 2.24) is 10.3 Å². The van der Waals surface area contributed by atoms with Crippen LogP contribution in [0.2, 0.25) is 0 Å². The number of ether oxygens (including phenoxy) is 2. The number of rotatable bonds is 6. The average Bonchev–Trinajstić information content (AvgIpc) is 2.52. The number of nitrogens with one attached hydrogen (secondary N) is 1. The van der Waals surface area contributed by atoms with Crippen molar-refractivity contribution in [3.63, 3.8) is 0 Å². The average molecular weight is 272 g/mol. The van der Waals surface area contributed by atoms with Gasteiger partial charge < -0.3 is 14.8 Å². The minimum Gasteiger partial charge on any atom is -0.497 e. The van der Waals surface area contributed by atoms with Gasteiger partial charge in [-0.05, 0) is 26.1 Å². The standard InChI is InChI=1S/C16H20N2O2/c1-12(17-2)15-7-6-14(19-3)9-16(15)20-11-13-5-4-8-18-10-13/h4-10,12,17H,11H2,1-3H3. The van der Waals surface area contributed by atoms with Gasteiger partial charge in [-0.25, -0.2) is 0 Å². The van der Waals surface area contributed by atoms with E-state index in [0.717, 1.165) is 22.6 Å². The third kappa shape index (κ3) is 3.48. The van der Waals surface area contributed by atoms with E-state index in [1.807, 2.05) is 37.4 Å². The van der Waals surface area contributed by atoms with Crippen molar-refractivity contribution in [2.45, 2.75) is 19.6 Å². The van der Waals surface area contributed by atoms with Crippen molar-refractivity contribution in [2.24, 2.45) is 0 Å². The Morgan fingerprint density at radius 3 is 2.80 bits per heavy atom. The number of aromatic nitrogens is 1. The normalized spacial score (nSPS) is 11.9.